The first-order valence-electron chi connectivity index (χ1n) is 17.8. The fraction of sp³-hybridized carbons (Fsp3) is 0.0200. The molecule has 0 N–H and O–H groups in total. The van der Waals surface area contributed by atoms with E-state index in [4.69, 9.17) is 6.57 Å². The van der Waals surface area contributed by atoms with E-state index in [2.05, 4.69) is 174 Å². The second-order valence-corrected chi connectivity index (χ2v) is 13.8. The zero-order valence-corrected chi connectivity index (χ0v) is 28.2. The summed E-state index contributed by atoms with van der Waals surface area (Å²) in [6, 6.07) is 66.1. The summed E-state index contributed by atoms with van der Waals surface area (Å²) in [7, 11) is 0. The molecule has 0 atom stereocenters. The molecule has 0 unspecified atom stereocenters. The summed E-state index contributed by atoms with van der Waals surface area (Å²) in [6.07, 6.45) is 0. The minimum atomic E-state index is -0.540. The van der Waals surface area contributed by atoms with Crippen LogP contribution in [0.5, 0.6) is 0 Å². The number of hydrogen-bond acceptors (Lipinski definition) is 1. The molecule has 0 aliphatic heterocycles. The van der Waals surface area contributed by atoms with Gasteiger partial charge in [-0.25, -0.2) is 4.85 Å². The molecule has 0 radical (unpaired) electrons. The Morgan fingerprint density at radius 2 is 0.923 bits per heavy atom. The molecule has 0 fully saturated rings. The minimum absolute atomic E-state index is 0.540. The third-order valence-corrected chi connectivity index (χ3v) is 11.4. The smallest absolute Gasteiger partial charge is 0.189 e. The molecule has 0 saturated heterocycles. The molecule has 2 nitrogen and oxygen atoms in total. The number of anilines is 3. The van der Waals surface area contributed by atoms with Crippen LogP contribution < -0.4 is 4.90 Å². The summed E-state index contributed by atoms with van der Waals surface area (Å²) in [6.45, 7) is 7.86. The van der Waals surface area contributed by atoms with E-state index in [0.717, 1.165) is 17.1 Å². The van der Waals surface area contributed by atoms with Crippen molar-refractivity contribution in [1.29, 1.82) is 0 Å². The maximum Gasteiger partial charge on any atom is 0.189 e. The molecule has 1 spiro atoms. The topological polar surface area (TPSA) is 7.60 Å². The summed E-state index contributed by atoms with van der Waals surface area (Å²) in [4.78, 5) is 6.16. The van der Waals surface area contributed by atoms with Gasteiger partial charge in [0.15, 0.2) is 5.69 Å². The Labute approximate surface area is 302 Å². The molecule has 0 amide bonds. The second-order valence-electron chi connectivity index (χ2n) is 13.8. The van der Waals surface area contributed by atoms with Crippen molar-refractivity contribution in [2.24, 2.45) is 0 Å². The Bertz CT molecular complexity index is 2940. The molecule has 2 heteroatoms. The first-order valence-corrected chi connectivity index (χ1v) is 17.8. The second kappa shape index (κ2) is 10.8. The number of benzene rings is 9. The lowest BCUT2D eigenvalue weighted by molar-refractivity contribution is 0.809. The fourth-order valence-electron chi connectivity index (χ4n) is 9.56. The van der Waals surface area contributed by atoms with Gasteiger partial charge >= 0.3 is 0 Å². The number of para-hydroxylation sites is 1. The average molecular weight is 659 g/mol. The van der Waals surface area contributed by atoms with Crippen LogP contribution in [-0.2, 0) is 5.41 Å². The Hall–Kier alpha value is -6.95. The van der Waals surface area contributed by atoms with Crippen molar-refractivity contribution < 1.29 is 0 Å². The van der Waals surface area contributed by atoms with Gasteiger partial charge in [0, 0.05) is 16.8 Å². The number of fused-ring (bicyclic) bond motifs is 17. The van der Waals surface area contributed by atoms with Gasteiger partial charge in [0.2, 0.25) is 0 Å². The quantitative estimate of drug-likeness (QED) is 0.135. The SMILES string of the molecule is [C-]#[N+]c1cccc(N(c2ccccc2)c2cc3c(c4ccccc24)C2(c4ccccc4-c4ccccc42)c2c-3c3ccccc3c3ccccc23)c1. The van der Waals surface area contributed by atoms with Crippen LogP contribution in [-0.4, -0.2) is 0 Å². The van der Waals surface area contributed by atoms with Crippen LogP contribution in [0.15, 0.2) is 182 Å². The van der Waals surface area contributed by atoms with Gasteiger partial charge in [-0.3, -0.25) is 0 Å². The van der Waals surface area contributed by atoms with Gasteiger partial charge in [-0.1, -0.05) is 152 Å². The molecular formula is C50H30N2. The Morgan fingerprint density at radius 3 is 1.60 bits per heavy atom. The van der Waals surface area contributed by atoms with Crippen molar-refractivity contribution in [2.45, 2.75) is 5.41 Å². The lowest BCUT2D eigenvalue weighted by atomic mass is 9.68. The van der Waals surface area contributed by atoms with E-state index in [9.17, 15) is 0 Å². The Kier molecular flexibility index (Phi) is 5.98. The predicted molar refractivity (Wildman–Crippen MR) is 216 cm³/mol. The zero-order chi connectivity index (χ0) is 34.4. The van der Waals surface area contributed by atoms with Crippen LogP contribution in [0, 0.1) is 6.57 Å². The monoisotopic (exact) mass is 658 g/mol. The highest BCUT2D eigenvalue weighted by molar-refractivity contribution is 6.22. The first kappa shape index (κ1) is 28.8. The van der Waals surface area contributed by atoms with E-state index in [0.29, 0.717) is 5.69 Å². The van der Waals surface area contributed by atoms with E-state index >= 15 is 0 Å². The maximum absolute atomic E-state index is 7.86. The van der Waals surface area contributed by atoms with Crippen molar-refractivity contribution in [3.8, 4) is 22.3 Å². The van der Waals surface area contributed by atoms with Gasteiger partial charge < -0.3 is 4.90 Å². The summed E-state index contributed by atoms with van der Waals surface area (Å²) in [5, 5.41) is 7.48. The maximum atomic E-state index is 7.86. The van der Waals surface area contributed by atoms with Gasteiger partial charge in [-0.05, 0) is 102 Å². The third kappa shape index (κ3) is 3.67. The van der Waals surface area contributed by atoms with Gasteiger partial charge in [0.25, 0.3) is 0 Å². The molecule has 52 heavy (non-hydrogen) atoms. The number of rotatable bonds is 3. The molecule has 0 aromatic heterocycles. The van der Waals surface area contributed by atoms with Crippen molar-refractivity contribution >= 4 is 55.1 Å². The lowest BCUT2D eigenvalue weighted by Crippen LogP contribution is -2.26. The van der Waals surface area contributed by atoms with Crippen molar-refractivity contribution in [2.75, 3.05) is 4.90 Å². The Morgan fingerprint density at radius 1 is 0.404 bits per heavy atom. The summed E-state index contributed by atoms with van der Waals surface area (Å²) in [5.74, 6) is 0. The third-order valence-electron chi connectivity index (χ3n) is 11.4. The highest BCUT2D eigenvalue weighted by atomic mass is 15.1. The molecule has 2 aliphatic carbocycles. The van der Waals surface area contributed by atoms with Crippen LogP contribution >= 0.6 is 0 Å². The minimum Gasteiger partial charge on any atom is -0.311 e. The van der Waals surface area contributed by atoms with Crippen LogP contribution in [0.3, 0.4) is 0 Å². The molecule has 11 rings (SSSR count). The molecule has 9 aromatic carbocycles. The Balaban J connectivity index is 1.39. The summed E-state index contributed by atoms with van der Waals surface area (Å²) < 4.78 is 0. The van der Waals surface area contributed by atoms with Gasteiger partial charge in [-0.15, -0.1) is 0 Å². The average Bonchev–Trinajstić information content (AvgIpc) is 3.69. The number of nitrogens with zero attached hydrogens (tertiary/aromatic N) is 2. The van der Waals surface area contributed by atoms with E-state index in [-0.39, 0.29) is 0 Å². The molecular weight excluding hydrogens is 629 g/mol. The summed E-state index contributed by atoms with van der Waals surface area (Å²) >= 11 is 0. The molecule has 0 saturated carbocycles. The summed E-state index contributed by atoms with van der Waals surface area (Å²) in [5.41, 5.74) is 13.7. The highest BCUT2D eigenvalue weighted by Crippen LogP contribution is 2.67. The van der Waals surface area contributed by atoms with Crippen LogP contribution in [0.2, 0.25) is 0 Å². The molecule has 0 heterocycles. The molecule has 2 aliphatic rings. The van der Waals surface area contributed by atoms with E-state index in [1.54, 1.807) is 0 Å². The fourth-order valence-corrected chi connectivity index (χ4v) is 9.56. The van der Waals surface area contributed by atoms with Crippen LogP contribution in [0.4, 0.5) is 22.7 Å². The first-order chi connectivity index (χ1) is 25.8. The van der Waals surface area contributed by atoms with Gasteiger partial charge in [0.1, 0.15) is 0 Å². The molecule has 240 valence electrons. The largest absolute Gasteiger partial charge is 0.311 e. The van der Waals surface area contributed by atoms with Crippen molar-refractivity contribution in [1.82, 2.24) is 0 Å². The van der Waals surface area contributed by atoms with Crippen LogP contribution in [0.25, 0.3) is 59.4 Å². The van der Waals surface area contributed by atoms with Crippen molar-refractivity contribution in [3.63, 3.8) is 0 Å². The molecule has 0 bridgehead atoms. The normalized spacial score (nSPS) is 13.1. The van der Waals surface area contributed by atoms with E-state index < -0.39 is 5.41 Å². The predicted octanol–water partition coefficient (Wildman–Crippen LogP) is 13.5. The standard InChI is InChI=1S/C50H30N2/c1-51-32-16-15-19-34(30-32)52(33-17-3-2-4-18-33)46-31-43-47-40-25-8-5-20-35(40)36-21-6-9-26-41(36)49(47)50(48(43)42-27-10-7-24-39(42)46)44-28-13-11-22-37(44)38-23-12-14-29-45(38)50/h2-31H. The zero-order valence-electron chi connectivity index (χ0n) is 28.2. The van der Waals surface area contributed by atoms with E-state index in [1.165, 1.54) is 76.8 Å². The lowest BCUT2D eigenvalue weighted by Gasteiger charge is -2.33. The van der Waals surface area contributed by atoms with E-state index in [1.807, 2.05) is 18.2 Å². The molecule has 9 aromatic rings. The van der Waals surface area contributed by atoms with Crippen molar-refractivity contribution in [3.05, 3.63) is 216 Å². The van der Waals surface area contributed by atoms with Gasteiger partial charge in [0.05, 0.1) is 17.7 Å². The van der Waals surface area contributed by atoms with Gasteiger partial charge in [-0.2, -0.15) is 0 Å². The number of hydrogen-bond donors (Lipinski definition) is 0. The van der Waals surface area contributed by atoms with Crippen LogP contribution in [0.1, 0.15) is 22.3 Å². The highest BCUT2D eigenvalue weighted by Gasteiger charge is 2.54.